The highest BCUT2D eigenvalue weighted by Gasteiger charge is 2.42. The van der Waals surface area contributed by atoms with Gasteiger partial charge >= 0.3 is 0 Å². The fourth-order valence-corrected chi connectivity index (χ4v) is 8.11. The lowest BCUT2D eigenvalue weighted by atomic mass is 10.1. The van der Waals surface area contributed by atoms with E-state index in [1.165, 1.54) is 0 Å². The Hall–Kier alpha value is -0.823. The van der Waals surface area contributed by atoms with Crippen molar-refractivity contribution in [3.8, 4) is 0 Å². The molecule has 0 saturated heterocycles. The molecule has 2 atom stereocenters. The molecule has 0 aliphatic heterocycles. The highest BCUT2D eigenvalue weighted by Crippen LogP contribution is 2.49. The summed E-state index contributed by atoms with van der Waals surface area (Å²) in [5, 5.41) is 0. The molecule has 116 valence electrons. The van der Waals surface area contributed by atoms with Gasteiger partial charge in [-0.05, 0) is 47.9 Å². The van der Waals surface area contributed by atoms with Crippen molar-refractivity contribution >= 4 is 8.07 Å². The molecule has 0 fully saturated rings. The summed E-state index contributed by atoms with van der Waals surface area (Å²) in [4.78, 5) is 0. The van der Waals surface area contributed by atoms with Gasteiger partial charge in [0.1, 0.15) is 0 Å². The van der Waals surface area contributed by atoms with Crippen molar-refractivity contribution in [2.24, 2.45) is 11.8 Å². The second-order valence-corrected chi connectivity index (χ2v) is 13.1. The van der Waals surface area contributed by atoms with Crippen LogP contribution in [0.2, 0.25) is 24.2 Å². The summed E-state index contributed by atoms with van der Waals surface area (Å²) in [6, 6.07) is 0. The third-order valence-electron chi connectivity index (χ3n) is 5.42. The van der Waals surface area contributed by atoms with E-state index in [4.69, 9.17) is 0 Å². The molecular formula is C20H32Si. The molecule has 0 bridgehead atoms. The lowest BCUT2D eigenvalue weighted by Gasteiger charge is -2.36. The van der Waals surface area contributed by atoms with E-state index >= 15 is 0 Å². The third kappa shape index (κ3) is 3.04. The first-order valence-electron chi connectivity index (χ1n) is 8.44. The minimum atomic E-state index is -1.43. The molecule has 1 heteroatoms. The number of allylic oxidation sites excluding steroid dienone is 8. The van der Waals surface area contributed by atoms with E-state index < -0.39 is 8.07 Å². The Morgan fingerprint density at radius 2 is 1.10 bits per heavy atom. The van der Waals surface area contributed by atoms with Crippen molar-refractivity contribution in [2.75, 3.05) is 0 Å². The summed E-state index contributed by atoms with van der Waals surface area (Å²) in [5.41, 5.74) is 7.68. The minimum Gasteiger partial charge on any atom is -0.0766 e. The average molecular weight is 301 g/mol. The minimum absolute atomic E-state index is 0.650. The molecule has 2 unspecified atom stereocenters. The van der Waals surface area contributed by atoms with Crippen LogP contribution in [-0.4, -0.2) is 8.07 Å². The summed E-state index contributed by atoms with van der Waals surface area (Å²) in [6.45, 7) is 19.1. The second kappa shape index (κ2) is 5.76. The number of hydrogen-bond acceptors (Lipinski definition) is 0. The van der Waals surface area contributed by atoms with Crippen LogP contribution in [0.3, 0.4) is 0 Å². The Morgan fingerprint density at radius 1 is 0.762 bits per heavy atom. The van der Waals surface area contributed by atoms with Crippen LogP contribution >= 0.6 is 0 Å². The molecule has 2 aliphatic carbocycles. The van der Waals surface area contributed by atoms with Crippen molar-refractivity contribution in [2.45, 2.75) is 65.7 Å². The van der Waals surface area contributed by atoms with Gasteiger partial charge in [0.05, 0.1) is 8.07 Å². The van der Waals surface area contributed by atoms with Gasteiger partial charge in [-0.1, -0.05) is 76.2 Å². The number of rotatable bonds is 4. The van der Waals surface area contributed by atoms with Gasteiger partial charge in [-0.2, -0.15) is 0 Å². The summed E-state index contributed by atoms with van der Waals surface area (Å²) < 4.78 is 0. The van der Waals surface area contributed by atoms with E-state index in [1.54, 1.807) is 22.3 Å². The molecule has 0 radical (unpaired) electrons. The standard InChI is InChI=1S/C20H32Si/c1-13(2)17-9-15(5)19(11-17)21(7,8)20-12-18(14(3)4)10-16(20)6/h9-14,19-20H,1-8H3. The van der Waals surface area contributed by atoms with E-state index in [2.05, 4.69) is 78.9 Å². The summed E-state index contributed by atoms with van der Waals surface area (Å²) in [7, 11) is -1.43. The predicted molar refractivity (Wildman–Crippen MR) is 98.3 cm³/mol. The van der Waals surface area contributed by atoms with E-state index in [0.29, 0.717) is 22.9 Å². The fraction of sp³-hybridized carbons (Fsp3) is 0.600. The summed E-state index contributed by atoms with van der Waals surface area (Å²) in [5.74, 6) is 1.30. The Balaban J connectivity index is 2.32. The quantitative estimate of drug-likeness (QED) is 0.518. The Morgan fingerprint density at radius 3 is 1.33 bits per heavy atom. The van der Waals surface area contributed by atoms with Crippen molar-refractivity contribution < 1.29 is 0 Å². The topological polar surface area (TPSA) is 0 Å². The van der Waals surface area contributed by atoms with Gasteiger partial charge in [0.25, 0.3) is 0 Å². The SMILES string of the molecule is CC1=CC(C(C)C)=CC1[Si](C)(C)C1C=C(C(C)C)C=C1C. The molecule has 0 aromatic heterocycles. The van der Waals surface area contributed by atoms with Gasteiger partial charge in [0.2, 0.25) is 0 Å². The van der Waals surface area contributed by atoms with E-state index in [1.807, 2.05) is 0 Å². The van der Waals surface area contributed by atoms with Crippen LogP contribution in [0, 0.1) is 11.8 Å². The van der Waals surface area contributed by atoms with Gasteiger partial charge in [0, 0.05) is 0 Å². The van der Waals surface area contributed by atoms with Gasteiger partial charge in [0.15, 0.2) is 0 Å². The fourth-order valence-electron chi connectivity index (χ4n) is 3.96. The maximum absolute atomic E-state index is 2.58. The average Bonchev–Trinajstić information content (AvgIpc) is 2.93. The van der Waals surface area contributed by atoms with Crippen molar-refractivity contribution in [3.63, 3.8) is 0 Å². The van der Waals surface area contributed by atoms with Gasteiger partial charge < -0.3 is 0 Å². The maximum Gasteiger partial charge on any atom is 0.0706 e. The Labute approximate surface area is 132 Å². The van der Waals surface area contributed by atoms with E-state index in [9.17, 15) is 0 Å². The third-order valence-corrected chi connectivity index (χ3v) is 9.87. The molecule has 0 amide bonds. The Kier molecular flexibility index (Phi) is 4.54. The van der Waals surface area contributed by atoms with Crippen LogP contribution in [0.15, 0.2) is 46.6 Å². The van der Waals surface area contributed by atoms with Crippen LogP contribution in [0.4, 0.5) is 0 Å². The molecule has 0 heterocycles. The van der Waals surface area contributed by atoms with Crippen LogP contribution in [-0.2, 0) is 0 Å². The molecule has 0 aromatic rings. The van der Waals surface area contributed by atoms with E-state index in [-0.39, 0.29) is 0 Å². The molecule has 0 spiro atoms. The normalized spacial score (nSPS) is 26.2. The molecule has 0 saturated carbocycles. The summed E-state index contributed by atoms with van der Waals surface area (Å²) >= 11 is 0. The molecule has 0 nitrogen and oxygen atoms in total. The smallest absolute Gasteiger partial charge is 0.0706 e. The summed E-state index contributed by atoms with van der Waals surface area (Å²) in [6.07, 6.45) is 10.1. The Bertz CT molecular complexity index is 490. The van der Waals surface area contributed by atoms with E-state index in [0.717, 1.165) is 0 Å². The molecular weight excluding hydrogens is 268 g/mol. The van der Waals surface area contributed by atoms with Crippen molar-refractivity contribution in [3.05, 3.63) is 46.6 Å². The van der Waals surface area contributed by atoms with Crippen LogP contribution in [0.25, 0.3) is 0 Å². The zero-order valence-corrected chi connectivity index (χ0v) is 16.1. The molecule has 0 aromatic carbocycles. The lowest BCUT2D eigenvalue weighted by Crippen LogP contribution is -2.37. The number of hydrogen-bond donors (Lipinski definition) is 0. The van der Waals surface area contributed by atoms with Crippen LogP contribution in [0.1, 0.15) is 41.5 Å². The van der Waals surface area contributed by atoms with Crippen LogP contribution < -0.4 is 0 Å². The highest BCUT2D eigenvalue weighted by atomic mass is 28.3. The first-order valence-corrected chi connectivity index (χ1v) is 11.6. The predicted octanol–water partition coefficient (Wildman–Crippen LogP) is 6.52. The molecule has 21 heavy (non-hydrogen) atoms. The molecule has 2 rings (SSSR count). The first kappa shape index (κ1) is 16.5. The zero-order valence-electron chi connectivity index (χ0n) is 15.1. The first-order chi connectivity index (χ1) is 9.64. The van der Waals surface area contributed by atoms with Crippen molar-refractivity contribution in [1.82, 2.24) is 0 Å². The van der Waals surface area contributed by atoms with Gasteiger partial charge in [-0.15, -0.1) is 0 Å². The molecule has 0 N–H and O–H groups in total. The second-order valence-electron chi connectivity index (χ2n) is 8.20. The lowest BCUT2D eigenvalue weighted by molar-refractivity contribution is 0.791. The maximum atomic E-state index is 2.58. The monoisotopic (exact) mass is 300 g/mol. The zero-order chi connectivity index (χ0) is 15.9. The highest BCUT2D eigenvalue weighted by molar-refractivity contribution is 6.82. The van der Waals surface area contributed by atoms with Crippen molar-refractivity contribution in [1.29, 1.82) is 0 Å². The largest absolute Gasteiger partial charge is 0.0766 e. The van der Waals surface area contributed by atoms with Gasteiger partial charge in [-0.3, -0.25) is 0 Å². The molecule has 2 aliphatic rings. The van der Waals surface area contributed by atoms with Crippen LogP contribution in [0.5, 0.6) is 0 Å². The van der Waals surface area contributed by atoms with Gasteiger partial charge in [-0.25, -0.2) is 0 Å².